The van der Waals surface area contributed by atoms with Gasteiger partial charge in [0.05, 0.1) is 18.9 Å². The lowest BCUT2D eigenvalue weighted by molar-refractivity contribution is -0.141. The van der Waals surface area contributed by atoms with Gasteiger partial charge in [-0.2, -0.15) is 10.1 Å². The first kappa shape index (κ1) is 29.1. The normalized spacial score (nSPS) is 18.8. The summed E-state index contributed by atoms with van der Waals surface area (Å²) in [5.74, 6) is -1.34. The zero-order valence-electron chi connectivity index (χ0n) is 23.4. The molecule has 0 aliphatic carbocycles. The van der Waals surface area contributed by atoms with Crippen LogP contribution in [0.5, 0.6) is 5.75 Å². The number of rotatable bonds is 10. The van der Waals surface area contributed by atoms with Gasteiger partial charge in [-0.15, -0.1) is 0 Å². The molecule has 0 unspecified atom stereocenters. The molecule has 2 amide bonds. The van der Waals surface area contributed by atoms with Crippen molar-refractivity contribution in [2.45, 2.75) is 49.9 Å². The average Bonchev–Trinajstić information content (AvgIpc) is 3.61. The lowest BCUT2D eigenvalue weighted by Gasteiger charge is -2.23. The Morgan fingerprint density at radius 1 is 1.05 bits per heavy atom. The Morgan fingerprint density at radius 3 is 2.40 bits per heavy atom. The van der Waals surface area contributed by atoms with E-state index in [4.69, 9.17) is 9.84 Å². The number of ether oxygens (including phenoxy) is 1. The molecule has 0 radical (unpaired) electrons. The molecule has 2 aliphatic heterocycles. The molecule has 42 heavy (non-hydrogen) atoms. The van der Waals surface area contributed by atoms with Crippen LogP contribution in [0.3, 0.4) is 0 Å². The van der Waals surface area contributed by atoms with Crippen molar-refractivity contribution in [2.24, 2.45) is 10.1 Å². The number of hydrazone groups is 1. The highest BCUT2D eigenvalue weighted by molar-refractivity contribution is 8.15. The van der Waals surface area contributed by atoms with Crippen molar-refractivity contribution in [1.82, 2.24) is 10.3 Å². The Labute approximate surface area is 248 Å². The third-order valence-electron chi connectivity index (χ3n) is 7.32. The first-order valence-electron chi connectivity index (χ1n) is 13.8. The Balaban J connectivity index is 1.31. The van der Waals surface area contributed by atoms with Gasteiger partial charge in [0.15, 0.2) is 5.17 Å². The number of carboxylic acid groups (broad SMARTS) is 1. The summed E-state index contributed by atoms with van der Waals surface area (Å²) in [4.78, 5) is 41.9. The van der Waals surface area contributed by atoms with Crippen molar-refractivity contribution in [3.8, 4) is 5.75 Å². The zero-order chi connectivity index (χ0) is 29.6. The van der Waals surface area contributed by atoms with Crippen LogP contribution in [-0.2, 0) is 27.2 Å². The van der Waals surface area contributed by atoms with E-state index in [-0.39, 0.29) is 18.9 Å². The summed E-state index contributed by atoms with van der Waals surface area (Å²) in [5, 5.41) is 18.6. The molecule has 2 heterocycles. The molecule has 2 N–H and O–H groups in total. The largest absolute Gasteiger partial charge is 0.497 e. The molecule has 0 bridgehead atoms. The first-order chi connectivity index (χ1) is 20.3. The quantitative estimate of drug-likeness (QED) is 0.357. The molecular weight excluding hydrogens is 552 g/mol. The fourth-order valence-corrected chi connectivity index (χ4v) is 6.02. The maximum Gasteiger partial charge on any atom is 0.326 e. The van der Waals surface area contributed by atoms with Gasteiger partial charge in [0.2, 0.25) is 5.91 Å². The van der Waals surface area contributed by atoms with E-state index >= 15 is 0 Å². The predicted molar refractivity (Wildman–Crippen MR) is 163 cm³/mol. The van der Waals surface area contributed by atoms with E-state index in [2.05, 4.69) is 41.5 Å². The number of nitrogens with one attached hydrogen (secondary N) is 1. The number of carbonyl (C=O) groups is 3. The first-order valence-corrected chi connectivity index (χ1v) is 14.7. The smallest absolute Gasteiger partial charge is 0.326 e. The molecule has 9 nitrogen and oxygen atoms in total. The SMILES string of the molecule is CCc1ccc([C@@H]2CC(c3ccc(OC)cc3)=NN2C2=NC(=O)[C@@H](CC(=O)N[C@@H](Cc3ccccc3)C(=O)O)S2)cc1. The van der Waals surface area contributed by atoms with Gasteiger partial charge in [-0.1, -0.05) is 73.3 Å². The number of carbonyl (C=O) groups excluding carboxylic acids is 2. The second-order valence-electron chi connectivity index (χ2n) is 10.1. The fraction of sp³-hybridized carbons (Fsp3) is 0.281. The third-order valence-corrected chi connectivity index (χ3v) is 8.46. The number of amidine groups is 1. The van der Waals surface area contributed by atoms with Gasteiger partial charge in [0.1, 0.15) is 17.0 Å². The molecule has 0 fully saturated rings. The molecule has 3 atom stereocenters. The Hall–Kier alpha value is -4.44. The number of aryl methyl sites for hydroxylation is 1. The number of amides is 2. The summed E-state index contributed by atoms with van der Waals surface area (Å²) in [6.45, 7) is 2.11. The van der Waals surface area contributed by atoms with Gasteiger partial charge in [0.25, 0.3) is 5.91 Å². The van der Waals surface area contributed by atoms with Gasteiger partial charge in [0, 0.05) is 19.3 Å². The molecule has 0 saturated heterocycles. The van der Waals surface area contributed by atoms with E-state index in [0.717, 1.165) is 34.6 Å². The van der Waals surface area contributed by atoms with Crippen LogP contribution >= 0.6 is 11.8 Å². The highest BCUT2D eigenvalue weighted by Gasteiger charge is 2.39. The van der Waals surface area contributed by atoms with Crippen LogP contribution in [0.25, 0.3) is 0 Å². The molecule has 0 saturated carbocycles. The van der Waals surface area contributed by atoms with Gasteiger partial charge in [-0.3, -0.25) is 9.59 Å². The maximum absolute atomic E-state index is 12.9. The van der Waals surface area contributed by atoms with Crippen molar-refractivity contribution in [3.05, 3.63) is 101 Å². The fourth-order valence-electron chi connectivity index (χ4n) is 4.96. The number of aliphatic carboxylic acids is 1. The standard InChI is InChI=1S/C32H32N4O5S/c1-3-20-9-11-23(12-10-20)27-18-25(22-13-15-24(41-2)16-14-22)35-36(27)32-34-30(38)28(42-32)19-29(37)33-26(31(39)40)17-21-7-5-4-6-8-21/h4-16,26-28H,3,17-19H2,1-2H3,(H,33,37)(H,39,40)/t26-,27-,28+/m0/s1. The number of thioether (sulfide) groups is 1. The van der Waals surface area contributed by atoms with Crippen LogP contribution in [-0.4, -0.2) is 57.2 Å². The van der Waals surface area contributed by atoms with Gasteiger partial charge in [-0.05, 0) is 52.9 Å². The Kier molecular flexibility index (Phi) is 9.02. The number of benzene rings is 3. The van der Waals surface area contributed by atoms with Gasteiger partial charge in [-0.25, -0.2) is 9.80 Å². The highest BCUT2D eigenvalue weighted by atomic mass is 32.2. The van der Waals surface area contributed by atoms with Crippen LogP contribution in [0.2, 0.25) is 0 Å². The van der Waals surface area contributed by atoms with Gasteiger partial charge < -0.3 is 15.2 Å². The van der Waals surface area contributed by atoms with E-state index in [9.17, 15) is 19.5 Å². The molecular formula is C32H32N4O5S. The zero-order valence-corrected chi connectivity index (χ0v) is 24.2. The topological polar surface area (TPSA) is 121 Å². The number of hydrogen-bond acceptors (Lipinski definition) is 7. The average molecular weight is 585 g/mol. The van der Waals surface area contributed by atoms with Crippen LogP contribution in [0.15, 0.2) is 89.0 Å². The molecule has 2 aliphatic rings. The van der Waals surface area contributed by atoms with Crippen molar-refractivity contribution in [3.63, 3.8) is 0 Å². The van der Waals surface area contributed by atoms with E-state index in [1.165, 1.54) is 17.3 Å². The number of carboxylic acids is 1. The van der Waals surface area contributed by atoms with E-state index < -0.39 is 29.1 Å². The summed E-state index contributed by atoms with van der Waals surface area (Å²) in [7, 11) is 1.62. The minimum Gasteiger partial charge on any atom is -0.497 e. The minimum atomic E-state index is -1.14. The molecule has 5 rings (SSSR count). The van der Waals surface area contributed by atoms with Crippen LogP contribution in [0, 0.1) is 0 Å². The maximum atomic E-state index is 12.9. The molecule has 0 aromatic heterocycles. The van der Waals surface area contributed by atoms with Crippen molar-refractivity contribution < 1.29 is 24.2 Å². The minimum absolute atomic E-state index is 0.143. The predicted octanol–water partition coefficient (Wildman–Crippen LogP) is 4.61. The second-order valence-corrected chi connectivity index (χ2v) is 11.3. The number of methoxy groups -OCH3 is 1. The monoisotopic (exact) mass is 584 g/mol. The van der Waals surface area contributed by atoms with Crippen molar-refractivity contribution in [1.29, 1.82) is 0 Å². The van der Waals surface area contributed by atoms with E-state index in [1.54, 1.807) is 12.1 Å². The Bertz CT molecular complexity index is 1510. The molecule has 3 aromatic rings. The third kappa shape index (κ3) is 6.71. The van der Waals surface area contributed by atoms with Gasteiger partial charge >= 0.3 is 5.97 Å². The Morgan fingerprint density at radius 2 is 1.76 bits per heavy atom. The molecule has 216 valence electrons. The summed E-state index contributed by atoms with van der Waals surface area (Å²) in [5.41, 5.74) is 4.85. The van der Waals surface area contributed by atoms with Crippen LogP contribution < -0.4 is 10.1 Å². The van der Waals surface area contributed by atoms with Crippen LogP contribution in [0.1, 0.15) is 48.1 Å². The van der Waals surface area contributed by atoms with E-state index in [1.807, 2.05) is 54.6 Å². The van der Waals surface area contributed by atoms with E-state index in [0.29, 0.717) is 11.6 Å². The summed E-state index contributed by atoms with van der Waals surface area (Å²) >= 11 is 1.18. The number of aliphatic imine (C=N–C) groups is 1. The summed E-state index contributed by atoms with van der Waals surface area (Å²) < 4.78 is 5.29. The number of nitrogens with zero attached hydrogens (tertiary/aromatic N) is 3. The summed E-state index contributed by atoms with van der Waals surface area (Å²) in [6.07, 6.45) is 1.49. The lowest BCUT2D eigenvalue weighted by Crippen LogP contribution is -2.43. The molecule has 10 heteroatoms. The second kappa shape index (κ2) is 13.0. The van der Waals surface area contributed by atoms with Crippen LogP contribution in [0.4, 0.5) is 0 Å². The molecule has 3 aromatic carbocycles. The number of hydrogen-bond donors (Lipinski definition) is 2. The molecule has 0 spiro atoms. The van der Waals surface area contributed by atoms with Crippen molar-refractivity contribution in [2.75, 3.05) is 7.11 Å². The highest BCUT2D eigenvalue weighted by Crippen LogP contribution is 2.38. The lowest BCUT2D eigenvalue weighted by atomic mass is 9.97. The summed E-state index contributed by atoms with van der Waals surface area (Å²) in [6, 6.07) is 23.8. The van der Waals surface area contributed by atoms with Crippen molar-refractivity contribution >= 4 is 40.4 Å².